The molecule has 0 saturated carbocycles. The molecule has 1 saturated heterocycles. The van der Waals surface area contributed by atoms with Gasteiger partial charge in [0.2, 0.25) is 0 Å². The summed E-state index contributed by atoms with van der Waals surface area (Å²) in [7, 11) is 0. The first-order valence-corrected chi connectivity index (χ1v) is 10.6. The molecule has 2 aromatic carbocycles. The van der Waals surface area contributed by atoms with E-state index in [9.17, 15) is 14.9 Å². The number of carbonyl (C=O) groups excluding carboxylic acids is 1. The van der Waals surface area contributed by atoms with Gasteiger partial charge in [0.05, 0.1) is 21.7 Å². The molecule has 1 amide bonds. The Morgan fingerprint density at radius 1 is 1.19 bits per heavy atom. The van der Waals surface area contributed by atoms with Gasteiger partial charge in [-0.25, -0.2) is 0 Å². The van der Waals surface area contributed by atoms with Crippen molar-refractivity contribution in [1.82, 2.24) is 10.2 Å². The van der Waals surface area contributed by atoms with Crippen LogP contribution in [0.3, 0.4) is 0 Å². The Kier molecular flexibility index (Phi) is 7.29. The second kappa shape index (κ2) is 9.93. The molecule has 8 nitrogen and oxygen atoms in total. The molecule has 0 atom stereocenters. The maximum Gasteiger partial charge on any atom is 0.271 e. The van der Waals surface area contributed by atoms with Gasteiger partial charge in [0.1, 0.15) is 5.75 Å². The quantitative estimate of drug-likeness (QED) is 0.410. The molecule has 0 aliphatic carbocycles. The van der Waals surface area contributed by atoms with E-state index in [0.717, 1.165) is 5.69 Å². The number of nitrogens with one attached hydrogen (secondary N) is 1. The highest BCUT2D eigenvalue weighted by Gasteiger charge is 2.23. The Labute approximate surface area is 190 Å². The van der Waals surface area contributed by atoms with Crippen molar-refractivity contribution in [2.75, 3.05) is 31.1 Å². The van der Waals surface area contributed by atoms with Crippen LogP contribution in [0.2, 0.25) is 5.02 Å². The number of non-ortho nitro benzene ring substituents is 1. The third kappa shape index (κ3) is 5.83. The molecule has 1 N–H and O–H groups in total. The minimum atomic E-state index is -0.473. The molecule has 1 fully saturated rings. The van der Waals surface area contributed by atoms with E-state index < -0.39 is 4.92 Å². The SMILES string of the molecule is CC(C)Oc1cccc(C(=O)NC(=S)N2CCN(c3ccc([N+](=O)[O-])cc3Cl)CC2)c1. The Morgan fingerprint density at radius 3 is 2.52 bits per heavy atom. The topological polar surface area (TPSA) is 88.0 Å². The molecule has 2 aromatic rings. The van der Waals surface area contributed by atoms with Gasteiger partial charge in [-0.2, -0.15) is 0 Å². The van der Waals surface area contributed by atoms with Crippen LogP contribution in [-0.2, 0) is 0 Å². The van der Waals surface area contributed by atoms with Crippen LogP contribution in [0.25, 0.3) is 0 Å². The van der Waals surface area contributed by atoms with Crippen molar-refractivity contribution in [3.63, 3.8) is 0 Å². The fourth-order valence-corrected chi connectivity index (χ4v) is 3.82. The number of amides is 1. The van der Waals surface area contributed by atoms with Gasteiger partial charge >= 0.3 is 0 Å². The zero-order valence-corrected chi connectivity index (χ0v) is 18.8. The minimum Gasteiger partial charge on any atom is -0.491 e. The number of hydrogen-bond acceptors (Lipinski definition) is 6. The lowest BCUT2D eigenvalue weighted by Crippen LogP contribution is -2.52. The second-order valence-corrected chi connectivity index (χ2v) is 8.11. The van der Waals surface area contributed by atoms with E-state index in [-0.39, 0.29) is 17.7 Å². The number of hydrogen-bond donors (Lipinski definition) is 1. The molecular formula is C21H23ClN4O4S. The maximum absolute atomic E-state index is 12.6. The van der Waals surface area contributed by atoms with Gasteiger partial charge in [-0.05, 0) is 50.3 Å². The molecule has 0 radical (unpaired) electrons. The van der Waals surface area contributed by atoms with E-state index >= 15 is 0 Å². The summed E-state index contributed by atoms with van der Waals surface area (Å²) in [6.45, 7) is 6.25. The van der Waals surface area contributed by atoms with Crippen molar-refractivity contribution in [2.24, 2.45) is 0 Å². The summed E-state index contributed by atoms with van der Waals surface area (Å²) in [5.41, 5.74) is 1.17. The van der Waals surface area contributed by atoms with Crippen LogP contribution in [0.4, 0.5) is 11.4 Å². The third-order valence-electron chi connectivity index (χ3n) is 4.74. The number of ether oxygens (including phenoxy) is 1. The number of halogens is 1. The first-order valence-electron chi connectivity index (χ1n) is 9.80. The molecule has 3 rings (SSSR count). The molecule has 0 bridgehead atoms. The molecule has 10 heteroatoms. The van der Waals surface area contributed by atoms with Crippen LogP contribution in [0.1, 0.15) is 24.2 Å². The first-order chi connectivity index (χ1) is 14.7. The Bertz CT molecular complexity index is 993. The Morgan fingerprint density at radius 2 is 1.90 bits per heavy atom. The summed E-state index contributed by atoms with van der Waals surface area (Å²) in [4.78, 5) is 27.0. The van der Waals surface area contributed by atoms with Crippen molar-refractivity contribution in [3.05, 3.63) is 63.2 Å². The molecule has 1 aliphatic rings. The van der Waals surface area contributed by atoms with Crippen LogP contribution in [0.15, 0.2) is 42.5 Å². The Balaban J connectivity index is 1.57. The lowest BCUT2D eigenvalue weighted by Gasteiger charge is -2.37. The van der Waals surface area contributed by atoms with Crippen molar-refractivity contribution >= 4 is 46.2 Å². The van der Waals surface area contributed by atoms with Crippen LogP contribution in [0, 0.1) is 10.1 Å². The van der Waals surface area contributed by atoms with Gasteiger partial charge in [0.25, 0.3) is 11.6 Å². The van der Waals surface area contributed by atoms with Crippen molar-refractivity contribution in [3.8, 4) is 5.75 Å². The monoisotopic (exact) mass is 462 g/mol. The van der Waals surface area contributed by atoms with E-state index in [2.05, 4.69) is 5.32 Å². The number of nitrogens with zero attached hydrogens (tertiary/aromatic N) is 3. The fourth-order valence-electron chi connectivity index (χ4n) is 3.25. The number of rotatable bonds is 5. The van der Waals surface area contributed by atoms with E-state index in [4.69, 9.17) is 28.6 Å². The zero-order chi connectivity index (χ0) is 22.5. The van der Waals surface area contributed by atoms with Gasteiger partial charge < -0.3 is 14.5 Å². The largest absolute Gasteiger partial charge is 0.491 e. The van der Waals surface area contributed by atoms with Gasteiger partial charge in [0.15, 0.2) is 5.11 Å². The van der Waals surface area contributed by atoms with Gasteiger partial charge in [-0.1, -0.05) is 17.7 Å². The summed E-state index contributed by atoms with van der Waals surface area (Å²) >= 11 is 11.7. The molecule has 1 aliphatic heterocycles. The molecule has 0 spiro atoms. The summed E-state index contributed by atoms with van der Waals surface area (Å²) in [5, 5.41) is 14.4. The molecule has 0 aromatic heterocycles. The number of anilines is 1. The maximum atomic E-state index is 12.6. The number of nitro groups is 1. The van der Waals surface area contributed by atoms with Crippen molar-refractivity contribution in [2.45, 2.75) is 20.0 Å². The second-order valence-electron chi connectivity index (χ2n) is 7.32. The van der Waals surface area contributed by atoms with E-state index in [1.807, 2.05) is 23.6 Å². The van der Waals surface area contributed by atoms with Gasteiger partial charge in [-0.15, -0.1) is 0 Å². The Hall–Kier alpha value is -2.91. The summed E-state index contributed by atoms with van der Waals surface area (Å²) in [6.07, 6.45) is 0.0138. The average Bonchev–Trinajstić information content (AvgIpc) is 2.73. The van der Waals surface area contributed by atoms with Crippen LogP contribution >= 0.6 is 23.8 Å². The highest BCUT2D eigenvalue weighted by atomic mass is 35.5. The number of thiocarbonyl (C=S) groups is 1. The summed E-state index contributed by atoms with van der Waals surface area (Å²) in [5.74, 6) is 0.335. The van der Waals surface area contributed by atoms with Crippen LogP contribution in [-0.4, -0.2) is 53.1 Å². The smallest absolute Gasteiger partial charge is 0.271 e. The standard InChI is InChI=1S/C21H23ClN4O4S/c1-14(2)30-17-5-3-4-15(12-17)20(27)23-21(31)25-10-8-24(9-11-25)19-7-6-16(26(28)29)13-18(19)22/h3-7,12-14H,8-11H2,1-2H3,(H,23,27,31). The summed E-state index contributed by atoms with van der Waals surface area (Å²) < 4.78 is 5.63. The summed E-state index contributed by atoms with van der Waals surface area (Å²) in [6, 6.07) is 11.4. The van der Waals surface area contributed by atoms with Crippen LogP contribution in [0.5, 0.6) is 5.75 Å². The highest BCUT2D eigenvalue weighted by Crippen LogP contribution is 2.30. The lowest BCUT2D eigenvalue weighted by atomic mass is 10.2. The lowest BCUT2D eigenvalue weighted by molar-refractivity contribution is -0.384. The minimum absolute atomic E-state index is 0.0138. The van der Waals surface area contributed by atoms with Gasteiger partial charge in [-0.3, -0.25) is 20.2 Å². The number of carbonyl (C=O) groups is 1. The number of piperazine rings is 1. The molecule has 0 unspecified atom stereocenters. The normalized spacial score (nSPS) is 13.8. The average molecular weight is 463 g/mol. The molecule has 31 heavy (non-hydrogen) atoms. The van der Waals surface area contributed by atoms with Gasteiger partial charge in [0, 0.05) is 43.9 Å². The third-order valence-corrected chi connectivity index (χ3v) is 5.40. The molecular weight excluding hydrogens is 440 g/mol. The number of nitro benzene ring substituents is 1. The van der Waals surface area contributed by atoms with E-state index in [0.29, 0.717) is 47.6 Å². The van der Waals surface area contributed by atoms with E-state index in [1.54, 1.807) is 30.3 Å². The zero-order valence-electron chi connectivity index (χ0n) is 17.2. The van der Waals surface area contributed by atoms with Crippen LogP contribution < -0.4 is 15.0 Å². The highest BCUT2D eigenvalue weighted by molar-refractivity contribution is 7.80. The van der Waals surface area contributed by atoms with Crippen molar-refractivity contribution in [1.29, 1.82) is 0 Å². The van der Waals surface area contributed by atoms with Crippen molar-refractivity contribution < 1.29 is 14.5 Å². The predicted molar refractivity (Wildman–Crippen MR) is 124 cm³/mol. The predicted octanol–water partition coefficient (Wildman–Crippen LogP) is 3.87. The van der Waals surface area contributed by atoms with E-state index in [1.165, 1.54) is 12.1 Å². The first kappa shape index (κ1) is 22.8. The fraction of sp³-hybridized carbons (Fsp3) is 0.333. The molecule has 1 heterocycles. The molecule has 164 valence electrons. The number of benzene rings is 2.